The molecule has 0 fully saturated rings. The second-order valence-electron chi connectivity index (χ2n) is 3.50. The third-order valence-corrected chi connectivity index (χ3v) is 2.78. The minimum Gasteiger partial charge on any atom is -0.828 e. The molecule has 1 rings (SSSR count). The summed E-state index contributed by atoms with van der Waals surface area (Å²) >= 11 is 2.75. The third kappa shape index (κ3) is 2.90. The molecule has 0 aromatic heterocycles. The summed E-state index contributed by atoms with van der Waals surface area (Å²) in [5, 5.41) is 11.0. The average molecular weight is 366 g/mol. The zero-order valence-electron chi connectivity index (χ0n) is 9.18. The molecule has 0 saturated carbocycles. The first-order valence-corrected chi connectivity index (χ1v) is 5.51. The van der Waals surface area contributed by atoms with Crippen LogP contribution in [-0.2, 0) is 4.79 Å². The third-order valence-electron chi connectivity index (χ3n) is 2.13. The number of esters is 1. The van der Waals surface area contributed by atoms with E-state index in [-0.39, 0.29) is 4.47 Å². The highest BCUT2D eigenvalue weighted by Gasteiger charge is 2.68. The van der Waals surface area contributed by atoms with Crippen LogP contribution in [0.2, 0.25) is 0 Å². The Morgan fingerprint density at radius 3 is 1.90 bits per heavy atom. The van der Waals surface area contributed by atoms with E-state index < -0.39 is 29.7 Å². The maximum Gasteiger partial charge on any atom is 0.399 e. The van der Waals surface area contributed by atoms with Gasteiger partial charge in [0.1, 0.15) is 5.75 Å². The fourth-order valence-corrected chi connectivity index (χ4v) is 1.46. The van der Waals surface area contributed by atoms with Gasteiger partial charge in [0.05, 0.1) is 4.47 Å². The SMILES string of the molecule is O=C(Oc1ccccc1Br)C([O-])(C(F)(F)F)C(F)(F)F. The summed E-state index contributed by atoms with van der Waals surface area (Å²) in [4.78, 5) is 11.1. The molecule has 0 amide bonds. The van der Waals surface area contributed by atoms with Gasteiger partial charge in [-0.3, -0.25) is 4.79 Å². The lowest BCUT2D eigenvalue weighted by atomic mass is 10.0. The summed E-state index contributed by atoms with van der Waals surface area (Å²) in [6, 6.07) is 4.70. The van der Waals surface area contributed by atoms with E-state index in [0.717, 1.165) is 6.07 Å². The predicted molar refractivity (Wildman–Crippen MR) is 54.6 cm³/mol. The number of benzene rings is 1. The minimum absolute atomic E-state index is 0.0833. The van der Waals surface area contributed by atoms with Crippen molar-refractivity contribution in [3.63, 3.8) is 0 Å². The van der Waals surface area contributed by atoms with E-state index in [1.165, 1.54) is 18.2 Å². The molecule has 0 aliphatic rings. The van der Waals surface area contributed by atoms with Gasteiger partial charge in [0.2, 0.25) is 0 Å². The number of hydrogen-bond donors (Lipinski definition) is 0. The minimum atomic E-state index is -6.39. The van der Waals surface area contributed by atoms with Crippen LogP contribution in [0.15, 0.2) is 28.7 Å². The molecule has 1 aromatic rings. The van der Waals surface area contributed by atoms with E-state index >= 15 is 0 Å². The Labute approximate surface area is 116 Å². The number of hydrogen-bond acceptors (Lipinski definition) is 3. The summed E-state index contributed by atoms with van der Waals surface area (Å²) in [5.74, 6) is -3.63. The van der Waals surface area contributed by atoms with E-state index in [2.05, 4.69) is 20.7 Å². The number of rotatable bonds is 2. The van der Waals surface area contributed by atoms with Gasteiger partial charge in [0, 0.05) is 0 Å². The fourth-order valence-electron chi connectivity index (χ4n) is 1.09. The van der Waals surface area contributed by atoms with Gasteiger partial charge < -0.3 is 9.84 Å². The van der Waals surface area contributed by atoms with Crippen LogP contribution in [0.3, 0.4) is 0 Å². The van der Waals surface area contributed by atoms with Gasteiger partial charge in [-0.15, -0.1) is 0 Å². The standard InChI is InChI=1S/C10H4BrF6O3/c11-5-3-1-2-4-6(5)20-7(18)8(19,9(12,13)14)10(15,16)17/h1-4H/q-1. The first-order valence-electron chi connectivity index (χ1n) is 4.72. The van der Waals surface area contributed by atoms with Crippen LogP contribution < -0.4 is 9.84 Å². The average Bonchev–Trinajstić information content (AvgIpc) is 2.28. The van der Waals surface area contributed by atoms with E-state index in [4.69, 9.17) is 0 Å². The highest BCUT2D eigenvalue weighted by Crippen LogP contribution is 2.42. The van der Waals surface area contributed by atoms with Crippen LogP contribution in [0.5, 0.6) is 5.75 Å². The summed E-state index contributed by atoms with van der Waals surface area (Å²) in [5.41, 5.74) is -5.85. The molecular weight excluding hydrogens is 362 g/mol. The lowest BCUT2D eigenvalue weighted by molar-refractivity contribution is -0.573. The Bertz CT molecular complexity index is 496. The molecule has 0 heterocycles. The summed E-state index contributed by atoms with van der Waals surface area (Å²) < 4.78 is 77.7. The lowest BCUT2D eigenvalue weighted by Gasteiger charge is -2.40. The highest BCUT2D eigenvalue weighted by molar-refractivity contribution is 9.10. The smallest absolute Gasteiger partial charge is 0.399 e. The van der Waals surface area contributed by atoms with Crippen LogP contribution in [0.1, 0.15) is 0 Å². The van der Waals surface area contributed by atoms with Crippen molar-refractivity contribution in [2.75, 3.05) is 0 Å². The molecule has 10 heteroatoms. The molecule has 0 unspecified atom stereocenters. The maximum atomic E-state index is 12.3. The number of alkyl halides is 6. The van der Waals surface area contributed by atoms with Crippen molar-refractivity contribution >= 4 is 21.9 Å². The Kier molecular flexibility index (Phi) is 4.39. The van der Waals surface area contributed by atoms with Crippen molar-refractivity contribution in [2.45, 2.75) is 18.0 Å². The molecule has 1 aromatic carbocycles. The molecule has 112 valence electrons. The van der Waals surface area contributed by atoms with Crippen LogP contribution in [0.4, 0.5) is 26.3 Å². The number of carbonyl (C=O) groups is 1. The summed E-state index contributed by atoms with van der Waals surface area (Å²) in [7, 11) is 0. The molecule has 0 aliphatic heterocycles. The van der Waals surface area contributed by atoms with Crippen molar-refractivity contribution < 1.29 is 41.0 Å². The zero-order valence-corrected chi connectivity index (χ0v) is 10.8. The number of para-hydroxylation sites is 1. The number of halogens is 7. The molecule has 0 N–H and O–H groups in total. The van der Waals surface area contributed by atoms with Crippen LogP contribution in [0, 0.1) is 0 Å². The predicted octanol–water partition coefficient (Wildman–Crippen LogP) is 2.58. The molecule has 3 nitrogen and oxygen atoms in total. The van der Waals surface area contributed by atoms with Gasteiger partial charge in [0.15, 0.2) is 5.60 Å². The zero-order chi connectivity index (χ0) is 15.8. The van der Waals surface area contributed by atoms with Crippen LogP contribution in [-0.4, -0.2) is 23.9 Å². The van der Waals surface area contributed by atoms with Crippen molar-refractivity contribution in [2.24, 2.45) is 0 Å². The summed E-state index contributed by atoms with van der Waals surface area (Å²) in [6.07, 6.45) is -12.8. The van der Waals surface area contributed by atoms with Gasteiger partial charge in [-0.2, -0.15) is 26.3 Å². The Balaban J connectivity index is 3.19. The topological polar surface area (TPSA) is 49.4 Å². The van der Waals surface area contributed by atoms with Crippen molar-refractivity contribution in [1.82, 2.24) is 0 Å². The van der Waals surface area contributed by atoms with Crippen molar-refractivity contribution in [1.29, 1.82) is 0 Å². The first kappa shape index (κ1) is 16.8. The van der Waals surface area contributed by atoms with Gasteiger partial charge in [-0.25, -0.2) is 0 Å². The second kappa shape index (κ2) is 5.24. The molecule has 0 bridgehead atoms. The maximum absolute atomic E-state index is 12.3. The van der Waals surface area contributed by atoms with Crippen LogP contribution in [0.25, 0.3) is 0 Å². The molecule has 0 radical (unpaired) electrons. The van der Waals surface area contributed by atoms with Crippen molar-refractivity contribution in [3.8, 4) is 5.75 Å². The fraction of sp³-hybridized carbons (Fsp3) is 0.300. The number of carbonyl (C=O) groups excluding carboxylic acids is 1. The molecular formula is C10H4BrF6O3-. The van der Waals surface area contributed by atoms with Crippen molar-refractivity contribution in [3.05, 3.63) is 28.7 Å². The van der Waals surface area contributed by atoms with Gasteiger partial charge in [-0.05, 0) is 28.1 Å². The number of ether oxygens (including phenoxy) is 1. The molecule has 0 spiro atoms. The second-order valence-corrected chi connectivity index (χ2v) is 4.35. The lowest BCUT2D eigenvalue weighted by Crippen LogP contribution is -2.72. The molecule has 0 aliphatic carbocycles. The van der Waals surface area contributed by atoms with E-state index in [9.17, 15) is 36.2 Å². The van der Waals surface area contributed by atoms with Crippen LogP contribution >= 0.6 is 15.9 Å². The Morgan fingerprint density at radius 2 is 1.50 bits per heavy atom. The molecule has 0 atom stereocenters. The summed E-state index contributed by atoms with van der Waals surface area (Å²) in [6.45, 7) is 0. The Hall–Kier alpha value is -1.29. The van der Waals surface area contributed by atoms with Gasteiger partial charge in [0.25, 0.3) is 0 Å². The highest BCUT2D eigenvalue weighted by atomic mass is 79.9. The normalized spacial score (nSPS) is 13.2. The van der Waals surface area contributed by atoms with E-state index in [0.29, 0.717) is 0 Å². The van der Waals surface area contributed by atoms with E-state index in [1.807, 2.05) is 0 Å². The first-order chi connectivity index (χ1) is 8.91. The quantitative estimate of drug-likeness (QED) is 0.459. The molecule has 20 heavy (non-hydrogen) atoms. The van der Waals surface area contributed by atoms with Gasteiger partial charge >= 0.3 is 18.3 Å². The van der Waals surface area contributed by atoms with Gasteiger partial charge in [-0.1, -0.05) is 12.1 Å². The largest absolute Gasteiger partial charge is 0.828 e. The Morgan fingerprint density at radius 1 is 1.05 bits per heavy atom. The molecule has 0 saturated heterocycles. The monoisotopic (exact) mass is 365 g/mol. The van der Waals surface area contributed by atoms with E-state index in [1.54, 1.807) is 0 Å².